The number of anilines is 1. The molecule has 3 aliphatic heterocycles. The van der Waals surface area contributed by atoms with Crippen LogP contribution in [0.5, 0.6) is 0 Å². The van der Waals surface area contributed by atoms with Crippen LogP contribution in [0.3, 0.4) is 0 Å². The van der Waals surface area contributed by atoms with Gasteiger partial charge >= 0.3 is 0 Å². The molecule has 1 aromatic rings. The average Bonchev–Trinajstić information content (AvgIpc) is 3.21. The Balaban J connectivity index is 0.000000861. The van der Waals surface area contributed by atoms with Crippen molar-refractivity contribution in [3.8, 4) is 0 Å². The van der Waals surface area contributed by atoms with Gasteiger partial charge in [0.05, 0.1) is 13.2 Å². The molecule has 196 valence electrons. The van der Waals surface area contributed by atoms with E-state index in [2.05, 4.69) is 93.5 Å². The number of benzene rings is 1. The largest absolute Gasteiger partial charge is 0.384 e. The maximum Gasteiger partial charge on any atom is 0.0843 e. The molecular formula is C31H47N5. The molecule has 1 aromatic carbocycles. The second kappa shape index (κ2) is 14.6. The van der Waals surface area contributed by atoms with Crippen molar-refractivity contribution in [2.75, 3.05) is 37.7 Å². The lowest BCUT2D eigenvalue weighted by molar-refractivity contribution is 0.228. The first-order chi connectivity index (χ1) is 17.8. The van der Waals surface area contributed by atoms with Gasteiger partial charge in [-0.1, -0.05) is 64.1 Å². The van der Waals surface area contributed by atoms with Crippen LogP contribution >= 0.6 is 0 Å². The highest BCUT2D eigenvalue weighted by Gasteiger charge is 2.26. The average molecular weight is 490 g/mol. The molecule has 5 rings (SSSR count). The van der Waals surface area contributed by atoms with Crippen LogP contribution in [0, 0.1) is 0 Å². The Bertz CT molecular complexity index is 985. The molecule has 0 aromatic heterocycles. The van der Waals surface area contributed by atoms with Crippen LogP contribution in [0.4, 0.5) is 5.69 Å². The topological polar surface area (TPSA) is 42.6 Å². The molecule has 0 fully saturated rings. The molecule has 0 spiro atoms. The predicted molar refractivity (Wildman–Crippen MR) is 157 cm³/mol. The number of dihydropyridines is 1. The van der Waals surface area contributed by atoms with Gasteiger partial charge in [-0.3, -0.25) is 4.90 Å². The zero-order valence-corrected chi connectivity index (χ0v) is 23.1. The van der Waals surface area contributed by atoms with Crippen LogP contribution in [0.2, 0.25) is 0 Å². The molecule has 0 bridgehead atoms. The fraction of sp³-hybridized carbons (Fsp3) is 0.484. The first kappa shape index (κ1) is 27.7. The monoisotopic (exact) mass is 489 g/mol. The van der Waals surface area contributed by atoms with E-state index in [4.69, 9.17) is 0 Å². The highest BCUT2D eigenvalue weighted by molar-refractivity contribution is 5.76. The zero-order valence-electron chi connectivity index (χ0n) is 23.1. The summed E-state index contributed by atoms with van der Waals surface area (Å²) in [5.41, 5.74) is 8.07. The maximum absolute atomic E-state index is 3.57. The molecule has 4 aliphatic rings. The molecule has 0 saturated carbocycles. The van der Waals surface area contributed by atoms with Gasteiger partial charge in [-0.05, 0) is 61.1 Å². The molecule has 5 nitrogen and oxygen atoms in total. The quantitative estimate of drug-likeness (QED) is 0.480. The van der Waals surface area contributed by atoms with Gasteiger partial charge in [0.1, 0.15) is 0 Å². The third-order valence-corrected chi connectivity index (χ3v) is 6.91. The summed E-state index contributed by atoms with van der Waals surface area (Å²) in [5, 5.41) is 10.3. The van der Waals surface area contributed by atoms with Crippen molar-refractivity contribution >= 4 is 11.3 Å². The fourth-order valence-electron chi connectivity index (χ4n) is 5.00. The van der Waals surface area contributed by atoms with E-state index in [9.17, 15) is 0 Å². The van der Waals surface area contributed by atoms with Crippen LogP contribution in [0.1, 0.15) is 65.0 Å². The lowest BCUT2D eigenvalue weighted by Crippen LogP contribution is -2.41. The first-order valence-corrected chi connectivity index (χ1v) is 14.0. The minimum absolute atomic E-state index is 0.360. The summed E-state index contributed by atoms with van der Waals surface area (Å²) >= 11 is 0. The van der Waals surface area contributed by atoms with E-state index in [-0.39, 0.29) is 0 Å². The Hall–Kier alpha value is -2.92. The molecule has 1 aliphatic carbocycles. The van der Waals surface area contributed by atoms with Crippen LogP contribution in [0.15, 0.2) is 72.2 Å². The summed E-state index contributed by atoms with van der Waals surface area (Å²) in [6.07, 6.45) is 19.3. The van der Waals surface area contributed by atoms with Crippen LogP contribution in [-0.2, 0) is 6.54 Å². The smallest absolute Gasteiger partial charge is 0.0843 e. The third kappa shape index (κ3) is 7.07. The van der Waals surface area contributed by atoms with Gasteiger partial charge in [0.15, 0.2) is 0 Å². The number of rotatable bonds is 5. The molecule has 0 radical (unpaired) electrons. The van der Waals surface area contributed by atoms with E-state index in [0.717, 1.165) is 45.8 Å². The summed E-state index contributed by atoms with van der Waals surface area (Å²) in [4.78, 5) is 5.16. The van der Waals surface area contributed by atoms with Gasteiger partial charge in [-0.25, -0.2) is 0 Å². The summed E-state index contributed by atoms with van der Waals surface area (Å²) in [7, 11) is 0. The van der Waals surface area contributed by atoms with Crippen molar-refractivity contribution < 1.29 is 0 Å². The number of nitrogens with zero attached hydrogens (tertiary/aromatic N) is 2. The molecule has 36 heavy (non-hydrogen) atoms. The minimum atomic E-state index is 0.360. The van der Waals surface area contributed by atoms with Crippen LogP contribution in [-0.4, -0.2) is 43.8 Å². The summed E-state index contributed by atoms with van der Waals surface area (Å²) in [6.45, 7) is 16.0. The summed E-state index contributed by atoms with van der Waals surface area (Å²) in [5.74, 6) is 0. The highest BCUT2D eigenvalue weighted by atomic mass is 15.3. The Morgan fingerprint density at radius 1 is 1.00 bits per heavy atom. The van der Waals surface area contributed by atoms with E-state index in [0.29, 0.717) is 6.04 Å². The lowest BCUT2D eigenvalue weighted by Gasteiger charge is -2.31. The second-order valence-corrected chi connectivity index (χ2v) is 9.06. The van der Waals surface area contributed by atoms with Crippen molar-refractivity contribution in [1.29, 1.82) is 0 Å². The van der Waals surface area contributed by atoms with Gasteiger partial charge in [-0.2, -0.15) is 0 Å². The zero-order chi connectivity index (χ0) is 25.8. The lowest BCUT2D eigenvalue weighted by atomic mass is 10.00. The summed E-state index contributed by atoms with van der Waals surface area (Å²) < 4.78 is 0. The van der Waals surface area contributed by atoms with Gasteiger partial charge < -0.3 is 20.9 Å². The molecule has 1 unspecified atom stereocenters. The Kier molecular flexibility index (Phi) is 11.2. The van der Waals surface area contributed by atoms with Crippen molar-refractivity contribution in [3.05, 3.63) is 83.4 Å². The normalized spacial score (nSPS) is 19.7. The molecule has 5 heteroatoms. The SMILES string of the molecule is CC.CC.CC(C1=CC=CCN1)N1CCN(CC2=CNCN2)c2ccc(C3=CCCCC=C3)cc2C1. The molecule has 3 N–H and O–H groups in total. The second-order valence-electron chi connectivity index (χ2n) is 9.06. The molecule has 0 amide bonds. The van der Waals surface area contributed by atoms with Crippen LogP contribution < -0.4 is 20.9 Å². The van der Waals surface area contributed by atoms with Crippen molar-refractivity contribution in [3.63, 3.8) is 0 Å². The number of hydrogen-bond donors (Lipinski definition) is 3. The van der Waals surface area contributed by atoms with Crippen molar-refractivity contribution in [2.24, 2.45) is 0 Å². The van der Waals surface area contributed by atoms with Gasteiger partial charge in [-0.15, -0.1) is 0 Å². The fourth-order valence-corrected chi connectivity index (χ4v) is 5.00. The van der Waals surface area contributed by atoms with E-state index >= 15 is 0 Å². The highest BCUT2D eigenvalue weighted by Crippen LogP contribution is 2.32. The van der Waals surface area contributed by atoms with Crippen molar-refractivity contribution in [2.45, 2.75) is 66.5 Å². The molecule has 3 heterocycles. The Morgan fingerprint density at radius 3 is 2.61 bits per heavy atom. The summed E-state index contributed by atoms with van der Waals surface area (Å²) in [6, 6.07) is 7.46. The first-order valence-electron chi connectivity index (χ1n) is 14.0. The van der Waals surface area contributed by atoms with E-state index in [1.807, 2.05) is 27.7 Å². The number of fused-ring (bicyclic) bond motifs is 1. The Morgan fingerprint density at radius 2 is 1.86 bits per heavy atom. The number of nitrogens with one attached hydrogen (secondary N) is 3. The van der Waals surface area contributed by atoms with E-state index < -0.39 is 0 Å². The maximum atomic E-state index is 3.57. The molecule has 1 atom stereocenters. The van der Waals surface area contributed by atoms with Gasteiger partial charge in [0.2, 0.25) is 0 Å². The molecule has 0 saturated heterocycles. The van der Waals surface area contributed by atoms with Crippen LogP contribution in [0.25, 0.3) is 5.57 Å². The van der Waals surface area contributed by atoms with Gasteiger partial charge in [0.25, 0.3) is 0 Å². The third-order valence-electron chi connectivity index (χ3n) is 6.91. The van der Waals surface area contributed by atoms with E-state index in [1.54, 1.807) is 0 Å². The minimum Gasteiger partial charge on any atom is -0.384 e. The predicted octanol–water partition coefficient (Wildman–Crippen LogP) is 5.91. The number of hydrogen-bond acceptors (Lipinski definition) is 5. The van der Waals surface area contributed by atoms with Gasteiger partial charge in [0, 0.05) is 55.5 Å². The van der Waals surface area contributed by atoms with E-state index in [1.165, 1.54) is 46.6 Å². The standard InChI is InChI=1S/C27H35N5.2C2H6/c1-21(26-10-6-7-13-29-26)31-14-15-32(19-25-17-28-20-30-25)27-12-11-23(16-24(27)18-31)22-8-4-2-3-5-9-22;2*1-2/h4,6-12,16-17,21,28-30H,2-3,5,13-15,18-20H2,1H3;2*1-2H3. The number of allylic oxidation sites excluding steroid dienone is 6. The molecular weight excluding hydrogens is 442 g/mol. The van der Waals surface area contributed by atoms with Crippen molar-refractivity contribution in [1.82, 2.24) is 20.9 Å². The Labute approximate surface area is 219 Å².